The summed E-state index contributed by atoms with van der Waals surface area (Å²) in [5.41, 5.74) is 1.31. The van der Waals surface area contributed by atoms with Gasteiger partial charge >= 0.3 is 0 Å². The molecule has 3 heteroatoms. The average Bonchev–Trinajstić information content (AvgIpc) is 2.19. The van der Waals surface area contributed by atoms with Crippen LogP contribution >= 0.6 is 0 Å². The number of aromatic nitrogens is 1. The van der Waals surface area contributed by atoms with E-state index in [9.17, 15) is 4.79 Å². The molecule has 70 valence electrons. The Hall–Kier alpha value is -1.38. The second kappa shape index (κ2) is 6.17. The minimum absolute atomic E-state index is 0.742. The van der Waals surface area contributed by atoms with Crippen molar-refractivity contribution < 1.29 is 4.79 Å². The molecule has 13 heavy (non-hydrogen) atoms. The molecule has 1 N–H and O–H groups in total. The first-order chi connectivity index (χ1) is 6.43. The Morgan fingerprint density at radius 3 is 2.77 bits per heavy atom. The maximum Gasteiger partial charge on any atom is 0.207 e. The first-order valence-corrected chi connectivity index (χ1v) is 4.49. The number of rotatable bonds is 6. The second-order valence-corrected chi connectivity index (χ2v) is 2.88. The number of aryl methyl sites for hydroxylation is 1. The number of hydrogen-bond acceptors (Lipinski definition) is 2. The summed E-state index contributed by atoms with van der Waals surface area (Å²) in [6, 6.07) is 4.04. The van der Waals surface area contributed by atoms with Crippen molar-refractivity contribution in [1.82, 2.24) is 10.3 Å². The molecule has 0 fully saturated rings. The van der Waals surface area contributed by atoms with Gasteiger partial charge in [0.15, 0.2) is 0 Å². The summed E-state index contributed by atoms with van der Waals surface area (Å²) < 4.78 is 0. The molecule has 0 aliphatic rings. The maximum atomic E-state index is 9.92. The predicted molar refractivity (Wildman–Crippen MR) is 51.2 cm³/mol. The Bertz CT molecular complexity index is 236. The minimum Gasteiger partial charge on any atom is -0.359 e. The van der Waals surface area contributed by atoms with Gasteiger partial charge in [-0.05, 0) is 37.0 Å². The van der Waals surface area contributed by atoms with E-state index in [1.165, 1.54) is 5.56 Å². The van der Waals surface area contributed by atoms with Crippen LogP contribution in [0.15, 0.2) is 24.5 Å². The van der Waals surface area contributed by atoms with E-state index in [1.54, 1.807) is 12.4 Å². The molecular formula is C10H14N2O. The highest BCUT2D eigenvalue weighted by Gasteiger charge is 1.91. The Morgan fingerprint density at radius 2 is 2.08 bits per heavy atom. The predicted octanol–water partition coefficient (Wildman–Crippen LogP) is 1.15. The van der Waals surface area contributed by atoms with Gasteiger partial charge in [0.2, 0.25) is 6.41 Å². The van der Waals surface area contributed by atoms with Crippen LogP contribution in [0.25, 0.3) is 0 Å². The maximum absolute atomic E-state index is 9.92. The van der Waals surface area contributed by atoms with E-state index >= 15 is 0 Å². The van der Waals surface area contributed by atoms with E-state index in [-0.39, 0.29) is 0 Å². The van der Waals surface area contributed by atoms with Crippen LogP contribution in [0.2, 0.25) is 0 Å². The Labute approximate surface area is 78.2 Å². The van der Waals surface area contributed by atoms with Gasteiger partial charge in [0.1, 0.15) is 0 Å². The van der Waals surface area contributed by atoms with Crippen LogP contribution in [0.4, 0.5) is 0 Å². The third-order valence-corrected chi connectivity index (χ3v) is 1.87. The van der Waals surface area contributed by atoms with Crippen LogP contribution in [-0.4, -0.2) is 17.9 Å². The van der Waals surface area contributed by atoms with Crippen molar-refractivity contribution in [3.63, 3.8) is 0 Å². The Balaban J connectivity index is 2.10. The van der Waals surface area contributed by atoms with Gasteiger partial charge in [-0.15, -0.1) is 0 Å². The summed E-state index contributed by atoms with van der Waals surface area (Å²) >= 11 is 0. The fourth-order valence-corrected chi connectivity index (χ4v) is 1.16. The summed E-state index contributed by atoms with van der Waals surface area (Å²) in [7, 11) is 0. The Morgan fingerprint density at radius 1 is 1.31 bits per heavy atom. The van der Waals surface area contributed by atoms with E-state index in [4.69, 9.17) is 0 Å². The molecule has 1 rings (SSSR count). The van der Waals surface area contributed by atoms with Gasteiger partial charge in [-0.25, -0.2) is 0 Å². The molecular weight excluding hydrogens is 164 g/mol. The van der Waals surface area contributed by atoms with Gasteiger partial charge < -0.3 is 5.32 Å². The number of nitrogens with zero attached hydrogens (tertiary/aromatic N) is 1. The number of amides is 1. The van der Waals surface area contributed by atoms with E-state index in [2.05, 4.69) is 10.3 Å². The lowest BCUT2D eigenvalue weighted by molar-refractivity contribution is -0.109. The molecule has 1 aromatic heterocycles. The highest BCUT2D eigenvalue weighted by atomic mass is 16.1. The summed E-state index contributed by atoms with van der Waals surface area (Å²) in [6.45, 7) is 0.772. The molecule has 0 atom stereocenters. The Kier molecular flexibility index (Phi) is 4.61. The van der Waals surface area contributed by atoms with Gasteiger partial charge in [-0.1, -0.05) is 0 Å². The molecule has 0 saturated carbocycles. The van der Waals surface area contributed by atoms with Gasteiger partial charge in [0.25, 0.3) is 0 Å². The van der Waals surface area contributed by atoms with E-state index in [1.807, 2.05) is 12.1 Å². The highest BCUT2D eigenvalue weighted by Crippen LogP contribution is 2.02. The molecule has 3 nitrogen and oxygen atoms in total. The van der Waals surface area contributed by atoms with Crippen molar-refractivity contribution in [2.45, 2.75) is 19.3 Å². The molecule has 0 spiro atoms. The van der Waals surface area contributed by atoms with Crippen LogP contribution in [0, 0.1) is 0 Å². The molecule has 0 radical (unpaired) electrons. The molecule has 0 aliphatic heterocycles. The first kappa shape index (κ1) is 9.71. The second-order valence-electron chi connectivity index (χ2n) is 2.88. The highest BCUT2D eigenvalue weighted by molar-refractivity contribution is 5.45. The van der Waals surface area contributed by atoms with Crippen LogP contribution < -0.4 is 5.32 Å². The van der Waals surface area contributed by atoms with Crippen molar-refractivity contribution in [2.75, 3.05) is 6.54 Å². The van der Waals surface area contributed by atoms with Crippen LogP contribution in [0.1, 0.15) is 18.4 Å². The summed E-state index contributed by atoms with van der Waals surface area (Å²) in [6.07, 6.45) is 7.54. The van der Waals surface area contributed by atoms with Gasteiger partial charge in [-0.2, -0.15) is 0 Å². The molecule has 1 heterocycles. The largest absolute Gasteiger partial charge is 0.359 e. The quantitative estimate of drug-likeness (QED) is 0.524. The number of carbonyl (C=O) groups is 1. The van der Waals surface area contributed by atoms with Gasteiger partial charge in [-0.3, -0.25) is 9.78 Å². The lowest BCUT2D eigenvalue weighted by atomic mass is 10.1. The fourth-order valence-electron chi connectivity index (χ4n) is 1.16. The number of unbranched alkanes of at least 4 members (excludes halogenated alkanes) is 1. The first-order valence-electron chi connectivity index (χ1n) is 4.49. The van der Waals surface area contributed by atoms with E-state index < -0.39 is 0 Å². The van der Waals surface area contributed by atoms with Gasteiger partial charge in [0, 0.05) is 18.9 Å². The minimum atomic E-state index is 0.742. The lowest BCUT2D eigenvalue weighted by Crippen LogP contribution is -2.11. The van der Waals surface area contributed by atoms with E-state index in [0.29, 0.717) is 0 Å². The smallest absolute Gasteiger partial charge is 0.207 e. The number of nitrogens with one attached hydrogen (secondary N) is 1. The van der Waals surface area contributed by atoms with Gasteiger partial charge in [0.05, 0.1) is 0 Å². The SMILES string of the molecule is O=CNCCCCc1ccncc1. The molecule has 0 aliphatic carbocycles. The monoisotopic (exact) mass is 178 g/mol. The third kappa shape index (κ3) is 4.25. The normalized spacial score (nSPS) is 9.54. The van der Waals surface area contributed by atoms with Crippen LogP contribution in [0.5, 0.6) is 0 Å². The van der Waals surface area contributed by atoms with Crippen molar-refractivity contribution in [1.29, 1.82) is 0 Å². The van der Waals surface area contributed by atoms with Crippen molar-refractivity contribution in [2.24, 2.45) is 0 Å². The average molecular weight is 178 g/mol. The summed E-state index contributed by atoms with van der Waals surface area (Å²) in [4.78, 5) is 13.9. The lowest BCUT2D eigenvalue weighted by Gasteiger charge is -2.00. The molecule has 0 bridgehead atoms. The van der Waals surface area contributed by atoms with E-state index in [0.717, 1.165) is 32.2 Å². The summed E-state index contributed by atoms with van der Waals surface area (Å²) in [5, 5.41) is 2.64. The molecule has 0 unspecified atom stereocenters. The third-order valence-electron chi connectivity index (χ3n) is 1.87. The topological polar surface area (TPSA) is 42.0 Å². The molecule has 0 aromatic carbocycles. The zero-order valence-corrected chi connectivity index (χ0v) is 7.57. The zero-order chi connectivity index (χ0) is 9.36. The van der Waals surface area contributed by atoms with Crippen LogP contribution in [-0.2, 0) is 11.2 Å². The number of pyridine rings is 1. The van der Waals surface area contributed by atoms with Crippen molar-refractivity contribution in [3.05, 3.63) is 30.1 Å². The van der Waals surface area contributed by atoms with Crippen LogP contribution in [0.3, 0.4) is 0 Å². The van der Waals surface area contributed by atoms with Crippen molar-refractivity contribution >= 4 is 6.41 Å². The number of hydrogen-bond donors (Lipinski definition) is 1. The molecule has 1 aromatic rings. The zero-order valence-electron chi connectivity index (χ0n) is 7.57. The standard InChI is InChI=1S/C10H14N2O/c13-9-12-6-2-1-3-10-4-7-11-8-5-10/h4-5,7-9H,1-3,6H2,(H,12,13). The molecule has 1 amide bonds. The summed E-state index contributed by atoms with van der Waals surface area (Å²) in [5.74, 6) is 0. The molecule has 0 saturated heterocycles. The van der Waals surface area contributed by atoms with Crippen molar-refractivity contribution in [3.8, 4) is 0 Å². The number of carbonyl (C=O) groups excluding carboxylic acids is 1. The fraction of sp³-hybridized carbons (Fsp3) is 0.400.